The summed E-state index contributed by atoms with van der Waals surface area (Å²) in [7, 11) is 0.819. The van der Waals surface area contributed by atoms with Crippen LogP contribution in [0, 0.1) is 0 Å². The number of hydrogen-bond donors (Lipinski definition) is 1. The predicted octanol–water partition coefficient (Wildman–Crippen LogP) is 2.71. The molecule has 0 aliphatic carbocycles. The number of aromatic carboxylic acids is 1. The highest BCUT2D eigenvalue weighted by atomic mass is 19.4. The Morgan fingerprint density at radius 3 is 2.15 bits per heavy atom. The van der Waals surface area contributed by atoms with Crippen molar-refractivity contribution in [1.29, 1.82) is 0 Å². The van der Waals surface area contributed by atoms with Gasteiger partial charge in [-0.15, -0.1) is 13.2 Å². The number of aromatic nitrogens is 1. The van der Waals surface area contributed by atoms with Gasteiger partial charge in [0.15, 0.2) is 11.4 Å². The zero-order valence-electron chi connectivity index (χ0n) is 9.46. The second-order valence-electron chi connectivity index (χ2n) is 3.24. The maximum atomic E-state index is 12.6. The quantitative estimate of drug-likeness (QED) is 0.870. The molecule has 1 aromatic rings. The van der Waals surface area contributed by atoms with Crippen LogP contribution in [-0.4, -0.2) is 29.5 Å². The number of halogens is 6. The van der Waals surface area contributed by atoms with Crippen LogP contribution in [0.2, 0.25) is 0 Å². The Kier molecular flexibility index (Phi) is 4.01. The Balaban J connectivity index is 3.52. The minimum absolute atomic E-state index is 0.0461. The van der Waals surface area contributed by atoms with Crippen molar-refractivity contribution in [1.82, 2.24) is 4.98 Å². The lowest BCUT2D eigenvalue weighted by Crippen LogP contribution is -2.22. The number of hydrogen-bond acceptors (Lipinski definition) is 4. The van der Waals surface area contributed by atoms with Gasteiger partial charge in [0, 0.05) is 6.07 Å². The van der Waals surface area contributed by atoms with Crippen LogP contribution in [0.3, 0.4) is 0 Å². The van der Waals surface area contributed by atoms with Gasteiger partial charge in [0.25, 0.3) is 0 Å². The standard InChI is InChI=1S/C9H5F6NO4/c1-19-6-3(7(17)18)2-4(20-9(13,14)15)5(16-6)8(10,11)12/h2H,1H3,(H,17,18). The van der Waals surface area contributed by atoms with Gasteiger partial charge in [-0.2, -0.15) is 13.2 Å². The van der Waals surface area contributed by atoms with Crippen molar-refractivity contribution < 1.29 is 45.7 Å². The third kappa shape index (κ3) is 3.65. The minimum Gasteiger partial charge on any atom is -0.480 e. The largest absolute Gasteiger partial charge is 0.573 e. The molecule has 1 heterocycles. The molecule has 1 aromatic heterocycles. The van der Waals surface area contributed by atoms with Gasteiger partial charge >= 0.3 is 18.5 Å². The molecule has 5 nitrogen and oxygen atoms in total. The number of nitrogens with zero attached hydrogens (tertiary/aromatic N) is 1. The van der Waals surface area contributed by atoms with Gasteiger partial charge in [0.2, 0.25) is 5.88 Å². The summed E-state index contributed by atoms with van der Waals surface area (Å²) in [5, 5.41) is 8.68. The molecule has 0 bridgehead atoms. The molecule has 20 heavy (non-hydrogen) atoms. The molecule has 0 spiro atoms. The summed E-state index contributed by atoms with van der Waals surface area (Å²) in [6.45, 7) is 0. The van der Waals surface area contributed by atoms with E-state index in [0.717, 1.165) is 7.11 Å². The first-order valence-corrected chi connectivity index (χ1v) is 4.61. The molecular weight excluding hydrogens is 300 g/mol. The Bertz CT molecular complexity index is 524. The summed E-state index contributed by atoms with van der Waals surface area (Å²) in [5.41, 5.74) is -3.04. The number of carboxylic acid groups (broad SMARTS) is 1. The molecule has 112 valence electrons. The van der Waals surface area contributed by atoms with Crippen LogP contribution in [0.5, 0.6) is 11.6 Å². The SMILES string of the molecule is COc1nc(C(F)(F)F)c(OC(F)(F)F)cc1C(=O)O. The number of carboxylic acids is 1. The van der Waals surface area contributed by atoms with E-state index in [9.17, 15) is 31.1 Å². The lowest BCUT2D eigenvalue weighted by atomic mass is 10.2. The molecule has 0 unspecified atom stereocenters. The maximum absolute atomic E-state index is 12.6. The monoisotopic (exact) mass is 305 g/mol. The van der Waals surface area contributed by atoms with E-state index < -0.39 is 41.4 Å². The number of methoxy groups -OCH3 is 1. The van der Waals surface area contributed by atoms with E-state index >= 15 is 0 Å². The minimum atomic E-state index is -5.44. The van der Waals surface area contributed by atoms with E-state index in [1.165, 1.54) is 0 Å². The highest BCUT2D eigenvalue weighted by molar-refractivity contribution is 5.90. The van der Waals surface area contributed by atoms with Crippen LogP contribution in [-0.2, 0) is 6.18 Å². The topological polar surface area (TPSA) is 68.7 Å². The highest BCUT2D eigenvalue weighted by Crippen LogP contribution is 2.39. The summed E-state index contributed by atoms with van der Waals surface area (Å²) >= 11 is 0. The number of rotatable bonds is 3. The smallest absolute Gasteiger partial charge is 0.480 e. The fraction of sp³-hybridized carbons (Fsp3) is 0.333. The van der Waals surface area contributed by atoms with Crippen LogP contribution in [0.25, 0.3) is 0 Å². The summed E-state index contributed by atoms with van der Waals surface area (Å²) < 4.78 is 81.2. The van der Waals surface area contributed by atoms with E-state index in [0.29, 0.717) is 0 Å². The molecule has 0 atom stereocenters. The molecule has 0 aliphatic rings. The third-order valence-corrected chi connectivity index (χ3v) is 1.87. The Morgan fingerprint density at radius 1 is 1.25 bits per heavy atom. The van der Waals surface area contributed by atoms with Crippen molar-refractivity contribution in [2.24, 2.45) is 0 Å². The van der Waals surface area contributed by atoms with Crippen molar-refractivity contribution in [2.45, 2.75) is 12.5 Å². The third-order valence-electron chi connectivity index (χ3n) is 1.87. The normalized spacial score (nSPS) is 12.2. The van der Waals surface area contributed by atoms with Crippen molar-refractivity contribution >= 4 is 5.97 Å². The van der Waals surface area contributed by atoms with Gasteiger partial charge < -0.3 is 14.6 Å². The molecule has 0 aliphatic heterocycles. The van der Waals surface area contributed by atoms with Crippen LogP contribution in [0.1, 0.15) is 16.1 Å². The van der Waals surface area contributed by atoms with E-state index in [-0.39, 0.29) is 6.07 Å². The Labute approximate surface area is 106 Å². The molecule has 11 heteroatoms. The molecule has 0 fully saturated rings. The number of pyridine rings is 1. The second-order valence-corrected chi connectivity index (χ2v) is 3.24. The molecule has 0 aromatic carbocycles. The van der Waals surface area contributed by atoms with Gasteiger partial charge in [-0.1, -0.05) is 0 Å². The average molecular weight is 305 g/mol. The molecule has 0 saturated carbocycles. The van der Waals surface area contributed by atoms with Gasteiger partial charge in [-0.25, -0.2) is 9.78 Å². The van der Waals surface area contributed by atoms with Crippen molar-refractivity contribution in [3.05, 3.63) is 17.3 Å². The van der Waals surface area contributed by atoms with Gasteiger partial charge in [0.05, 0.1) is 7.11 Å². The fourth-order valence-electron chi connectivity index (χ4n) is 1.19. The number of alkyl halides is 6. The van der Waals surface area contributed by atoms with Crippen LogP contribution >= 0.6 is 0 Å². The van der Waals surface area contributed by atoms with Crippen molar-refractivity contribution in [3.63, 3.8) is 0 Å². The number of carbonyl (C=O) groups is 1. The Hall–Kier alpha value is -2.20. The summed E-state index contributed by atoms with van der Waals surface area (Å²) in [4.78, 5) is 13.4. The molecule has 1 N–H and O–H groups in total. The number of ether oxygens (including phenoxy) is 2. The van der Waals surface area contributed by atoms with E-state index in [4.69, 9.17) is 5.11 Å². The molecule has 0 amide bonds. The van der Waals surface area contributed by atoms with E-state index in [1.54, 1.807) is 0 Å². The second kappa shape index (κ2) is 5.06. The lowest BCUT2D eigenvalue weighted by Gasteiger charge is -2.16. The first-order valence-electron chi connectivity index (χ1n) is 4.61. The zero-order valence-corrected chi connectivity index (χ0v) is 9.46. The van der Waals surface area contributed by atoms with Gasteiger partial charge in [0.1, 0.15) is 5.56 Å². The highest BCUT2D eigenvalue weighted by Gasteiger charge is 2.42. The first kappa shape index (κ1) is 15.9. The zero-order chi connectivity index (χ0) is 15.7. The van der Waals surface area contributed by atoms with Gasteiger partial charge in [-0.3, -0.25) is 0 Å². The van der Waals surface area contributed by atoms with E-state index in [1.807, 2.05) is 0 Å². The predicted molar refractivity (Wildman–Crippen MR) is 49.4 cm³/mol. The van der Waals surface area contributed by atoms with Gasteiger partial charge in [-0.05, 0) is 0 Å². The summed E-state index contributed by atoms with van der Waals surface area (Å²) in [6.07, 6.45) is -10.7. The molecular formula is C9H5F6NO4. The lowest BCUT2D eigenvalue weighted by molar-refractivity contribution is -0.276. The molecule has 0 radical (unpaired) electrons. The fourth-order valence-corrected chi connectivity index (χ4v) is 1.19. The van der Waals surface area contributed by atoms with Crippen LogP contribution in [0.4, 0.5) is 26.3 Å². The maximum Gasteiger partial charge on any atom is 0.573 e. The molecule has 1 rings (SSSR count). The van der Waals surface area contributed by atoms with Crippen molar-refractivity contribution in [2.75, 3.05) is 7.11 Å². The summed E-state index contributed by atoms with van der Waals surface area (Å²) in [5.74, 6) is -4.59. The van der Waals surface area contributed by atoms with Crippen LogP contribution < -0.4 is 9.47 Å². The average Bonchev–Trinajstić information content (AvgIpc) is 2.24. The van der Waals surface area contributed by atoms with Crippen molar-refractivity contribution in [3.8, 4) is 11.6 Å². The first-order chi connectivity index (χ1) is 8.95. The van der Waals surface area contributed by atoms with Crippen LogP contribution in [0.15, 0.2) is 6.07 Å². The van der Waals surface area contributed by atoms with E-state index in [2.05, 4.69) is 14.5 Å². The Morgan fingerprint density at radius 2 is 1.80 bits per heavy atom. The molecule has 0 saturated heterocycles. The summed E-state index contributed by atoms with van der Waals surface area (Å²) in [6, 6.07) is 0.0461.